The lowest BCUT2D eigenvalue weighted by Gasteiger charge is -2.19. The summed E-state index contributed by atoms with van der Waals surface area (Å²) < 4.78 is 5.73. The van der Waals surface area contributed by atoms with Gasteiger partial charge in [-0.1, -0.05) is 56.4 Å². The van der Waals surface area contributed by atoms with E-state index in [0.29, 0.717) is 47.1 Å². The summed E-state index contributed by atoms with van der Waals surface area (Å²) in [5, 5.41) is 11.8. The molecule has 35 heavy (non-hydrogen) atoms. The third-order valence-corrected chi connectivity index (χ3v) is 6.58. The minimum atomic E-state index is -0.295. The number of anilines is 1. The Morgan fingerprint density at radius 3 is 2.29 bits per heavy atom. The topological polar surface area (TPSA) is 101 Å². The summed E-state index contributed by atoms with van der Waals surface area (Å²) in [5.74, 6) is 0.0250. The highest BCUT2D eigenvalue weighted by atomic mass is 32.1. The van der Waals surface area contributed by atoms with Crippen LogP contribution in [0.15, 0.2) is 48.5 Å². The van der Waals surface area contributed by atoms with Gasteiger partial charge in [-0.05, 0) is 41.7 Å². The lowest BCUT2D eigenvalue weighted by Crippen LogP contribution is -2.31. The molecule has 1 aliphatic rings. The molecule has 9 heteroatoms. The second-order valence-corrected chi connectivity index (χ2v) is 10.4. The van der Waals surface area contributed by atoms with Crippen molar-refractivity contribution < 1.29 is 19.1 Å². The number of carbonyl (C=O) groups is 3. The molecule has 0 atom stereocenters. The quantitative estimate of drug-likeness (QED) is 0.349. The molecule has 0 aliphatic carbocycles. The summed E-state index contributed by atoms with van der Waals surface area (Å²) in [6.07, 6.45) is 1.24. The molecule has 0 bridgehead atoms. The molecule has 0 radical (unpaired) electrons. The number of rotatable bonds is 9. The molecule has 3 aromatic rings. The molecule has 0 unspecified atom stereocenters. The fourth-order valence-electron chi connectivity index (χ4n) is 3.71. The lowest BCUT2D eigenvalue weighted by atomic mass is 9.87. The number of hydrogen-bond donors (Lipinski definition) is 1. The number of nitrogens with zero attached hydrogens (tertiary/aromatic N) is 3. The number of fused-ring (bicyclic) bond motifs is 1. The maximum atomic E-state index is 12.5. The number of hydrogen-bond acceptors (Lipinski definition) is 7. The molecule has 0 saturated heterocycles. The maximum Gasteiger partial charge on any atom is 0.261 e. The van der Waals surface area contributed by atoms with Crippen molar-refractivity contribution >= 4 is 34.2 Å². The number of amides is 3. The third kappa shape index (κ3) is 5.92. The van der Waals surface area contributed by atoms with E-state index >= 15 is 0 Å². The Balaban J connectivity index is 1.18. The first kappa shape index (κ1) is 24.5. The smallest absolute Gasteiger partial charge is 0.261 e. The Kier molecular flexibility index (Phi) is 7.25. The summed E-state index contributed by atoms with van der Waals surface area (Å²) in [6.45, 7) is 7.14. The zero-order valence-corrected chi connectivity index (χ0v) is 20.9. The Bertz CT molecular complexity index is 1200. The Labute approximate surface area is 208 Å². The average molecular weight is 493 g/mol. The van der Waals surface area contributed by atoms with E-state index in [-0.39, 0.29) is 29.7 Å². The van der Waals surface area contributed by atoms with Crippen LogP contribution in [0, 0.1) is 0 Å². The molecule has 1 N–H and O–H groups in total. The zero-order valence-electron chi connectivity index (χ0n) is 20.0. The number of benzene rings is 2. The van der Waals surface area contributed by atoms with Gasteiger partial charge in [-0.15, -0.1) is 10.2 Å². The maximum absolute atomic E-state index is 12.5. The van der Waals surface area contributed by atoms with Crippen molar-refractivity contribution in [2.45, 2.75) is 45.4 Å². The van der Waals surface area contributed by atoms with Crippen molar-refractivity contribution in [3.05, 3.63) is 70.2 Å². The molecule has 4 rings (SSSR count). The van der Waals surface area contributed by atoms with Gasteiger partial charge in [-0.3, -0.25) is 19.3 Å². The highest BCUT2D eigenvalue weighted by Crippen LogP contribution is 2.25. The summed E-state index contributed by atoms with van der Waals surface area (Å²) in [7, 11) is 0. The molecule has 0 fully saturated rings. The van der Waals surface area contributed by atoms with Crippen LogP contribution in [0.4, 0.5) is 5.13 Å². The van der Waals surface area contributed by atoms with Gasteiger partial charge in [0.05, 0.1) is 17.7 Å². The Hall–Kier alpha value is -3.59. The first-order valence-electron chi connectivity index (χ1n) is 11.5. The van der Waals surface area contributed by atoms with Crippen LogP contribution in [0.1, 0.15) is 64.9 Å². The number of imide groups is 1. The first-order chi connectivity index (χ1) is 16.7. The molecule has 2 heterocycles. The molecule has 1 aromatic heterocycles. The minimum absolute atomic E-state index is 0.0933. The molecule has 0 saturated carbocycles. The second kappa shape index (κ2) is 10.4. The summed E-state index contributed by atoms with van der Waals surface area (Å²) in [5.41, 5.74) is 2.18. The number of carbonyl (C=O) groups excluding carboxylic acids is 3. The van der Waals surface area contributed by atoms with Crippen LogP contribution in [0.25, 0.3) is 0 Å². The van der Waals surface area contributed by atoms with Gasteiger partial charge in [0.25, 0.3) is 11.8 Å². The van der Waals surface area contributed by atoms with Crippen molar-refractivity contribution in [2.24, 2.45) is 0 Å². The van der Waals surface area contributed by atoms with Gasteiger partial charge in [-0.2, -0.15) is 0 Å². The van der Waals surface area contributed by atoms with Gasteiger partial charge in [0, 0.05) is 19.4 Å². The summed E-state index contributed by atoms with van der Waals surface area (Å²) >= 11 is 1.24. The van der Waals surface area contributed by atoms with Crippen molar-refractivity contribution in [3.8, 4) is 5.75 Å². The monoisotopic (exact) mass is 492 g/mol. The predicted molar refractivity (Wildman–Crippen MR) is 134 cm³/mol. The van der Waals surface area contributed by atoms with Gasteiger partial charge >= 0.3 is 0 Å². The van der Waals surface area contributed by atoms with E-state index in [0.717, 1.165) is 5.75 Å². The third-order valence-electron chi connectivity index (χ3n) is 5.68. The van der Waals surface area contributed by atoms with E-state index in [2.05, 4.69) is 48.4 Å². The van der Waals surface area contributed by atoms with Gasteiger partial charge in [0.1, 0.15) is 10.8 Å². The molecule has 182 valence electrons. The largest absolute Gasteiger partial charge is 0.494 e. The van der Waals surface area contributed by atoms with Crippen molar-refractivity contribution in [3.63, 3.8) is 0 Å². The Morgan fingerprint density at radius 1 is 1.00 bits per heavy atom. The van der Waals surface area contributed by atoms with Crippen LogP contribution in [0.3, 0.4) is 0 Å². The van der Waals surface area contributed by atoms with Crippen LogP contribution in [-0.4, -0.2) is 46.0 Å². The molecule has 2 aromatic carbocycles. The van der Waals surface area contributed by atoms with Crippen LogP contribution < -0.4 is 10.1 Å². The van der Waals surface area contributed by atoms with Crippen LogP contribution in [-0.2, 0) is 16.6 Å². The lowest BCUT2D eigenvalue weighted by molar-refractivity contribution is -0.116. The SMILES string of the molecule is CC(C)(C)c1ccc(OCCCC(=O)Nc2nnc(CCN3C(=O)c4ccccc4C3=O)s2)cc1. The van der Waals surface area contributed by atoms with E-state index < -0.39 is 0 Å². The average Bonchev–Trinajstić information content (AvgIpc) is 3.37. The van der Waals surface area contributed by atoms with E-state index in [9.17, 15) is 14.4 Å². The van der Waals surface area contributed by atoms with Gasteiger partial charge in [0.2, 0.25) is 11.0 Å². The minimum Gasteiger partial charge on any atom is -0.494 e. The van der Waals surface area contributed by atoms with Gasteiger partial charge < -0.3 is 10.1 Å². The standard InChI is InChI=1S/C26H28N4O4S/c1-26(2,3)17-10-12-18(13-11-17)34-16-6-9-21(31)27-25-29-28-22(35-25)14-15-30-23(32)19-7-4-5-8-20(19)24(30)33/h4-5,7-8,10-13H,6,9,14-16H2,1-3H3,(H,27,29,31). The highest BCUT2D eigenvalue weighted by Gasteiger charge is 2.34. The van der Waals surface area contributed by atoms with Crippen molar-refractivity contribution in [1.29, 1.82) is 0 Å². The van der Waals surface area contributed by atoms with Crippen LogP contribution >= 0.6 is 11.3 Å². The summed E-state index contributed by atoms with van der Waals surface area (Å²) in [4.78, 5) is 38.4. The van der Waals surface area contributed by atoms with Crippen LogP contribution in [0.5, 0.6) is 5.75 Å². The molecule has 8 nitrogen and oxygen atoms in total. The van der Waals surface area contributed by atoms with Gasteiger partial charge in [0.15, 0.2) is 0 Å². The van der Waals surface area contributed by atoms with E-state index in [4.69, 9.17) is 4.74 Å². The van der Waals surface area contributed by atoms with E-state index in [1.807, 2.05) is 12.1 Å². The normalized spacial score (nSPS) is 13.2. The Morgan fingerprint density at radius 2 is 1.66 bits per heavy atom. The van der Waals surface area contributed by atoms with E-state index in [1.165, 1.54) is 21.8 Å². The predicted octanol–water partition coefficient (Wildman–Crippen LogP) is 4.47. The second-order valence-electron chi connectivity index (χ2n) is 9.33. The van der Waals surface area contributed by atoms with E-state index in [1.54, 1.807) is 24.3 Å². The van der Waals surface area contributed by atoms with Crippen molar-refractivity contribution in [1.82, 2.24) is 15.1 Å². The summed E-state index contributed by atoms with van der Waals surface area (Å²) in [6, 6.07) is 14.8. The highest BCUT2D eigenvalue weighted by molar-refractivity contribution is 7.15. The first-order valence-corrected chi connectivity index (χ1v) is 12.3. The number of aromatic nitrogens is 2. The van der Waals surface area contributed by atoms with Crippen LogP contribution in [0.2, 0.25) is 0 Å². The molecular formula is C26H28N4O4S. The van der Waals surface area contributed by atoms with Gasteiger partial charge in [-0.25, -0.2) is 0 Å². The number of ether oxygens (including phenoxy) is 1. The molecule has 0 spiro atoms. The molecule has 1 aliphatic heterocycles. The molecular weight excluding hydrogens is 464 g/mol. The van der Waals surface area contributed by atoms with Crippen molar-refractivity contribution in [2.75, 3.05) is 18.5 Å². The fraction of sp³-hybridized carbons (Fsp3) is 0.346. The molecule has 3 amide bonds. The fourth-order valence-corrected chi connectivity index (χ4v) is 4.46. The number of nitrogens with one attached hydrogen (secondary N) is 1. The zero-order chi connectivity index (χ0) is 25.0.